The molecule has 1 aliphatic heterocycles. The maximum Gasteiger partial charge on any atom is 0.220 e. The number of aliphatic imine (C=N–C) groups is 1. The largest absolute Gasteiger partial charge is 0.369 e. The number of hydrogen-bond donors (Lipinski definition) is 3. The number of guanidine groups is 1. The van der Waals surface area contributed by atoms with Gasteiger partial charge in [-0.05, 0) is 69.4 Å². The number of nitrogens with two attached hydrogens (primary N) is 1. The lowest BCUT2D eigenvalue weighted by molar-refractivity contribution is -0.123. The SMILES string of the molecule is CN=C(NCCCCN1CCC(C(N)=O)CC1)NCc1ccc(C)c(F)c1. The van der Waals surface area contributed by atoms with E-state index in [4.69, 9.17) is 5.73 Å². The Hall–Kier alpha value is -2.15. The molecular weight excluding hydrogens is 345 g/mol. The third-order valence-electron chi connectivity index (χ3n) is 5.10. The Morgan fingerprint density at radius 3 is 2.67 bits per heavy atom. The van der Waals surface area contributed by atoms with Gasteiger partial charge >= 0.3 is 0 Å². The minimum absolute atomic E-state index is 0.0549. The Kier molecular flexibility index (Phi) is 8.51. The molecule has 0 radical (unpaired) electrons. The van der Waals surface area contributed by atoms with Gasteiger partial charge in [0.1, 0.15) is 5.82 Å². The molecule has 0 unspecified atom stereocenters. The zero-order valence-electron chi connectivity index (χ0n) is 16.4. The molecule has 1 aromatic carbocycles. The highest BCUT2D eigenvalue weighted by Crippen LogP contribution is 2.16. The molecule has 6 nitrogen and oxygen atoms in total. The molecule has 0 aliphatic carbocycles. The molecule has 2 rings (SSSR count). The lowest BCUT2D eigenvalue weighted by atomic mass is 9.96. The summed E-state index contributed by atoms with van der Waals surface area (Å²) in [4.78, 5) is 17.8. The number of nitrogens with one attached hydrogen (secondary N) is 2. The minimum atomic E-state index is -0.183. The van der Waals surface area contributed by atoms with E-state index in [9.17, 15) is 9.18 Å². The number of benzene rings is 1. The first kappa shape index (κ1) is 21.2. The molecule has 7 heteroatoms. The summed E-state index contributed by atoms with van der Waals surface area (Å²) in [6.07, 6.45) is 3.89. The number of primary amides is 1. The van der Waals surface area contributed by atoms with Crippen LogP contribution in [-0.2, 0) is 11.3 Å². The molecule has 0 atom stereocenters. The van der Waals surface area contributed by atoms with Gasteiger partial charge < -0.3 is 21.3 Å². The van der Waals surface area contributed by atoms with Crippen molar-refractivity contribution in [1.82, 2.24) is 15.5 Å². The van der Waals surface area contributed by atoms with Crippen LogP contribution in [0.2, 0.25) is 0 Å². The predicted octanol–water partition coefficient (Wildman–Crippen LogP) is 1.78. The van der Waals surface area contributed by atoms with E-state index < -0.39 is 0 Å². The number of likely N-dealkylation sites (tertiary alicyclic amines) is 1. The van der Waals surface area contributed by atoms with E-state index in [0.29, 0.717) is 12.1 Å². The summed E-state index contributed by atoms with van der Waals surface area (Å²) in [5, 5.41) is 6.50. The number of nitrogens with zero attached hydrogens (tertiary/aromatic N) is 2. The summed E-state index contributed by atoms with van der Waals surface area (Å²) >= 11 is 0. The number of halogens is 1. The highest BCUT2D eigenvalue weighted by atomic mass is 19.1. The highest BCUT2D eigenvalue weighted by Gasteiger charge is 2.22. The first-order valence-electron chi connectivity index (χ1n) is 9.71. The number of rotatable bonds is 8. The first-order valence-corrected chi connectivity index (χ1v) is 9.71. The van der Waals surface area contributed by atoms with Crippen LogP contribution in [0.1, 0.15) is 36.8 Å². The second-order valence-corrected chi connectivity index (χ2v) is 7.16. The van der Waals surface area contributed by atoms with Gasteiger partial charge in [-0.25, -0.2) is 4.39 Å². The molecule has 1 heterocycles. The molecule has 1 aliphatic rings. The maximum absolute atomic E-state index is 13.6. The fourth-order valence-corrected chi connectivity index (χ4v) is 3.26. The van der Waals surface area contributed by atoms with Crippen LogP contribution in [0, 0.1) is 18.7 Å². The molecule has 0 aromatic heterocycles. The third-order valence-corrected chi connectivity index (χ3v) is 5.10. The van der Waals surface area contributed by atoms with Crippen molar-refractivity contribution in [2.75, 3.05) is 33.2 Å². The summed E-state index contributed by atoms with van der Waals surface area (Å²) in [5.41, 5.74) is 6.91. The highest BCUT2D eigenvalue weighted by molar-refractivity contribution is 5.79. The molecule has 1 saturated heterocycles. The number of amides is 1. The molecular formula is C20H32FN5O. The van der Waals surface area contributed by atoms with Gasteiger partial charge in [-0.2, -0.15) is 0 Å². The molecule has 27 heavy (non-hydrogen) atoms. The van der Waals surface area contributed by atoms with Crippen molar-refractivity contribution < 1.29 is 9.18 Å². The second kappa shape index (κ2) is 10.9. The smallest absolute Gasteiger partial charge is 0.220 e. The maximum atomic E-state index is 13.6. The second-order valence-electron chi connectivity index (χ2n) is 7.16. The van der Waals surface area contributed by atoms with Crippen LogP contribution >= 0.6 is 0 Å². The van der Waals surface area contributed by atoms with Crippen molar-refractivity contribution in [3.63, 3.8) is 0 Å². The van der Waals surface area contributed by atoms with Crippen molar-refractivity contribution in [3.8, 4) is 0 Å². The molecule has 1 aromatic rings. The molecule has 0 bridgehead atoms. The third kappa shape index (κ3) is 7.17. The number of unbranched alkanes of at least 4 members (excludes halogenated alkanes) is 1. The lowest BCUT2D eigenvalue weighted by Crippen LogP contribution is -2.39. The fourth-order valence-electron chi connectivity index (χ4n) is 3.26. The van der Waals surface area contributed by atoms with E-state index in [2.05, 4.69) is 20.5 Å². The normalized spacial score (nSPS) is 16.3. The zero-order chi connectivity index (χ0) is 19.6. The molecule has 1 fully saturated rings. The summed E-state index contributed by atoms with van der Waals surface area (Å²) in [5.74, 6) is 0.431. The Morgan fingerprint density at radius 2 is 2.04 bits per heavy atom. The molecule has 1 amide bonds. The van der Waals surface area contributed by atoms with Gasteiger partial charge in [-0.15, -0.1) is 0 Å². The number of carbonyl (C=O) groups excluding carboxylic acids is 1. The van der Waals surface area contributed by atoms with Gasteiger partial charge in [0.15, 0.2) is 5.96 Å². The quantitative estimate of drug-likeness (QED) is 0.366. The first-order chi connectivity index (χ1) is 13.0. The topological polar surface area (TPSA) is 82.8 Å². The molecule has 150 valence electrons. The van der Waals surface area contributed by atoms with Gasteiger partial charge in [0, 0.05) is 26.1 Å². The Balaban J connectivity index is 1.58. The monoisotopic (exact) mass is 377 g/mol. The van der Waals surface area contributed by atoms with Gasteiger partial charge in [-0.1, -0.05) is 12.1 Å². The number of carbonyl (C=O) groups is 1. The van der Waals surface area contributed by atoms with Crippen LogP contribution in [0.3, 0.4) is 0 Å². The summed E-state index contributed by atoms with van der Waals surface area (Å²) in [6, 6.07) is 5.26. The molecule has 0 saturated carbocycles. The van der Waals surface area contributed by atoms with Gasteiger partial charge in [0.2, 0.25) is 5.91 Å². The number of aryl methyl sites for hydroxylation is 1. The van der Waals surface area contributed by atoms with Crippen molar-refractivity contribution in [2.45, 2.75) is 39.2 Å². The van der Waals surface area contributed by atoms with E-state index in [-0.39, 0.29) is 17.6 Å². The zero-order valence-corrected chi connectivity index (χ0v) is 16.4. The van der Waals surface area contributed by atoms with Crippen LogP contribution in [-0.4, -0.2) is 50.0 Å². The predicted molar refractivity (Wildman–Crippen MR) is 107 cm³/mol. The Morgan fingerprint density at radius 1 is 1.30 bits per heavy atom. The van der Waals surface area contributed by atoms with Gasteiger partial charge in [-0.3, -0.25) is 9.79 Å². The summed E-state index contributed by atoms with van der Waals surface area (Å²) in [7, 11) is 1.73. The van der Waals surface area contributed by atoms with Crippen molar-refractivity contribution in [2.24, 2.45) is 16.6 Å². The number of hydrogen-bond acceptors (Lipinski definition) is 3. The molecule has 0 spiro atoms. The van der Waals surface area contributed by atoms with E-state index >= 15 is 0 Å². The van der Waals surface area contributed by atoms with Crippen molar-refractivity contribution in [3.05, 3.63) is 35.1 Å². The summed E-state index contributed by atoms with van der Waals surface area (Å²) in [6.45, 7) is 6.08. The average Bonchev–Trinajstić information content (AvgIpc) is 2.67. The van der Waals surface area contributed by atoms with Crippen LogP contribution in [0.5, 0.6) is 0 Å². The Labute approximate surface area is 161 Å². The van der Waals surface area contributed by atoms with E-state index in [0.717, 1.165) is 63.4 Å². The summed E-state index contributed by atoms with van der Waals surface area (Å²) < 4.78 is 13.6. The average molecular weight is 378 g/mol. The lowest BCUT2D eigenvalue weighted by Gasteiger charge is -2.30. The van der Waals surface area contributed by atoms with E-state index in [1.54, 1.807) is 26.1 Å². The van der Waals surface area contributed by atoms with Crippen LogP contribution in [0.25, 0.3) is 0 Å². The van der Waals surface area contributed by atoms with Crippen molar-refractivity contribution >= 4 is 11.9 Å². The Bertz CT molecular complexity index is 641. The fraction of sp³-hybridized carbons (Fsp3) is 0.600. The van der Waals surface area contributed by atoms with E-state index in [1.807, 2.05) is 6.07 Å². The number of piperidine rings is 1. The van der Waals surface area contributed by atoms with Crippen LogP contribution < -0.4 is 16.4 Å². The minimum Gasteiger partial charge on any atom is -0.369 e. The van der Waals surface area contributed by atoms with E-state index in [1.165, 1.54) is 0 Å². The standard InChI is InChI=1S/C20H32FN5O/c1-15-5-6-16(13-18(15)21)14-25-20(23-2)24-9-3-4-10-26-11-7-17(8-12-26)19(22)27/h5-6,13,17H,3-4,7-12,14H2,1-2H3,(H2,22,27)(H2,23,24,25). The van der Waals surface area contributed by atoms with Crippen LogP contribution in [0.15, 0.2) is 23.2 Å². The van der Waals surface area contributed by atoms with Gasteiger partial charge in [0.25, 0.3) is 0 Å². The van der Waals surface area contributed by atoms with Gasteiger partial charge in [0.05, 0.1) is 0 Å². The van der Waals surface area contributed by atoms with Crippen molar-refractivity contribution in [1.29, 1.82) is 0 Å². The van der Waals surface area contributed by atoms with Crippen LogP contribution in [0.4, 0.5) is 4.39 Å². The molecule has 4 N–H and O–H groups in total.